The van der Waals surface area contributed by atoms with E-state index in [0.29, 0.717) is 36.5 Å². The van der Waals surface area contributed by atoms with Gasteiger partial charge in [0.2, 0.25) is 0 Å². The molecule has 32 heavy (non-hydrogen) atoms. The Morgan fingerprint density at radius 2 is 1.62 bits per heavy atom. The zero-order valence-corrected chi connectivity index (χ0v) is 21.0. The normalized spacial score (nSPS) is 48.5. The smallest absolute Gasteiger partial charge is 0.113 e. The fourth-order valence-corrected chi connectivity index (χ4v) is 8.09. The van der Waals surface area contributed by atoms with Gasteiger partial charge in [0.15, 0.2) is 0 Å². The van der Waals surface area contributed by atoms with E-state index in [2.05, 4.69) is 53.7 Å². The van der Waals surface area contributed by atoms with Crippen molar-refractivity contribution in [1.82, 2.24) is 0 Å². The molecule has 10 atom stereocenters. The third kappa shape index (κ3) is 3.39. The Hall–Kier alpha value is -0.680. The van der Waals surface area contributed by atoms with E-state index in [1.165, 1.54) is 5.57 Å². The van der Waals surface area contributed by atoms with Crippen LogP contribution in [0.15, 0.2) is 23.3 Å². The quantitative estimate of drug-likeness (QED) is 0.475. The summed E-state index contributed by atoms with van der Waals surface area (Å²) in [5.41, 5.74) is 0.483. The molecular formula is C28H46O4. The molecule has 3 saturated carbocycles. The van der Waals surface area contributed by atoms with Gasteiger partial charge < -0.3 is 20.4 Å². The van der Waals surface area contributed by atoms with Crippen LogP contribution in [-0.2, 0) is 0 Å². The zero-order chi connectivity index (χ0) is 23.6. The van der Waals surface area contributed by atoms with E-state index >= 15 is 0 Å². The van der Waals surface area contributed by atoms with Crippen molar-refractivity contribution in [2.24, 2.45) is 40.4 Å². The number of aliphatic hydroxyl groups is 4. The maximum atomic E-state index is 11.6. The Kier molecular flexibility index (Phi) is 6.28. The first kappa shape index (κ1) is 24.4. The summed E-state index contributed by atoms with van der Waals surface area (Å²) in [5, 5.41) is 44.4. The number of rotatable bonds is 4. The molecule has 0 heterocycles. The molecule has 0 radical (unpaired) electrons. The monoisotopic (exact) mass is 446 g/mol. The maximum Gasteiger partial charge on any atom is 0.113 e. The summed E-state index contributed by atoms with van der Waals surface area (Å²) >= 11 is 0. The van der Waals surface area contributed by atoms with Crippen molar-refractivity contribution in [3.05, 3.63) is 23.3 Å². The topological polar surface area (TPSA) is 80.9 Å². The van der Waals surface area contributed by atoms with E-state index in [0.717, 1.165) is 31.3 Å². The molecular weight excluding hydrogens is 400 g/mol. The van der Waals surface area contributed by atoms with Crippen LogP contribution in [0.5, 0.6) is 0 Å². The largest absolute Gasteiger partial charge is 0.393 e. The predicted octanol–water partition coefficient (Wildman–Crippen LogP) is 4.61. The molecule has 0 aromatic heterocycles. The summed E-state index contributed by atoms with van der Waals surface area (Å²) in [7, 11) is 0. The van der Waals surface area contributed by atoms with Crippen molar-refractivity contribution < 1.29 is 20.4 Å². The van der Waals surface area contributed by atoms with Gasteiger partial charge in [0, 0.05) is 11.8 Å². The van der Waals surface area contributed by atoms with Crippen LogP contribution in [0.25, 0.3) is 0 Å². The van der Waals surface area contributed by atoms with Gasteiger partial charge in [-0.25, -0.2) is 0 Å². The fraction of sp³-hybridized carbons (Fsp3) is 0.857. The molecule has 0 aromatic rings. The number of aliphatic hydroxyl groups excluding tert-OH is 3. The average molecular weight is 447 g/mol. The van der Waals surface area contributed by atoms with E-state index in [1.54, 1.807) is 0 Å². The lowest BCUT2D eigenvalue weighted by atomic mass is 9.45. The lowest BCUT2D eigenvalue weighted by Crippen LogP contribution is -2.70. The highest BCUT2D eigenvalue weighted by Gasteiger charge is 2.67. The summed E-state index contributed by atoms with van der Waals surface area (Å²) in [5.74, 6) is 2.28. The minimum Gasteiger partial charge on any atom is -0.393 e. The first-order valence-electron chi connectivity index (χ1n) is 13.0. The number of fused-ring (bicyclic) bond motifs is 4. The third-order valence-corrected chi connectivity index (χ3v) is 10.7. The number of hydrogen-bond acceptors (Lipinski definition) is 4. The van der Waals surface area contributed by atoms with Gasteiger partial charge in [-0.1, -0.05) is 59.3 Å². The maximum absolute atomic E-state index is 11.6. The Morgan fingerprint density at radius 1 is 0.938 bits per heavy atom. The molecule has 0 unspecified atom stereocenters. The van der Waals surface area contributed by atoms with E-state index in [4.69, 9.17) is 0 Å². The average Bonchev–Trinajstić information content (AvgIpc) is 3.09. The molecule has 4 heteroatoms. The molecule has 4 N–H and O–H groups in total. The summed E-state index contributed by atoms with van der Waals surface area (Å²) < 4.78 is 0. The van der Waals surface area contributed by atoms with Gasteiger partial charge in [-0.3, -0.25) is 0 Å². The molecule has 4 nitrogen and oxygen atoms in total. The first-order valence-corrected chi connectivity index (χ1v) is 13.0. The SMILES string of the molecule is CC(C)[C@@H](C)/C=C/[C@@H](C)[C@H]1CCC2=C3[C@H](O)[C@@H](O)[C@@]4(O)C[C@@H](O)CC[C@]4(C)[C@H]3CC[C@@]21C. The molecule has 0 spiro atoms. The molecule has 0 aromatic carbocycles. The predicted molar refractivity (Wildman–Crippen MR) is 128 cm³/mol. The van der Waals surface area contributed by atoms with Gasteiger partial charge in [0.1, 0.15) is 17.8 Å². The molecule has 3 fully saturated rings. The van der Waals surface area contributed by atoms with Crippen LogP contribution >= 0.6 is 0 Å². The van der Waals surface area contributed by atoms with Crippen LogP contribution in [-0.4, -0.2) is 44.3 Å². The highest BCUT2D eigenvalue weighted by Crippen LogP contribution is 2.66. The van der Waals surface area contributed by atoms with Crippen molar-refractivity contribution in [1.29, 1.82) is 0 Å². The summed E-state index contributed by atoms with van der Waals surface area (Å²) in [6.45, 7) is 13.6. The van der Waals surface area contributed by atoms with Crippen molar-refractivity contribution in [3.8, 4) is 0 Å². The van der Waals surface area contributed by atoms with Crippen LogP contribution in [0.2, 0.25) is 0 Å². The lowest BCUT2D eigenvalue weighted by Gasteiger charge is -2.63. The second-order valence-corrected chi connectivity index (χ2v) is 12.6. The van der Waals surface area contributed by atoms with Gasteiger partial charge in [0.05, 0.1) is 6.10 Å². The molecule has 0 amide bonds. The van der Waals surface area contributed by atoms with Crippen LogP contribution < -0.4 is 0 Å². The second kappa shape index (κ2) is 8.22. The van der Waals surface area contributed by atoms with Crippen LogP contribution in [0.3, 0.4) is 0 Å². The number of allylic oxidation sites excluding steroid dienone is 3. The molecule has 0 aliphatic heterocycles. The van der Waals surface area contributed by atoms with E-state index in [-0.39, 0.29) is 17.8 Å². The van der Waals surface area contributed by atoms with Crippen molar-refractivity contribution in [2.75, 3.05) is 0 Å². The van der Waals surface area contributed by atoms with Gasteiger partial charge >= 0.3 is 0 Å². The summed E-state index contributed by atoms with van der Waals surface area (Å²) in [4.78, 5) is 0. The van der Waals surface area contributed by atoms with Crippen LogP contribution in [0, 0.1) is 40.4 Å². The van der Waals surface area contributed by atoms with E-state index in [1.807, 2.05) is 0 Å². The highest BCUT2D eigenvalue weighted by atomic mass is 16.4. The van der Waals surface area contributed by atoms with Gasteiger partial charge in [0.25, 0.3) is 0 Å². The molecule has 4 aliphatic carbocycles. The van der Waals surface area contributed by atoms with Crippen LogP contribution in [0.1, 0.15) is 86.5 Å². The van der Waals surface area contributed by atoms with Crippen molar-refractivity contribution in [3.63, 3.8) is 0 Å². The molecule has 4 aliphatic rings. The minimum absolute atomic E-state index is 0.0390. The Balaban J connectivity index is 1.69. The minimum atomic E-state index is -1.44. The summed E-state index contributed by atoms with van der Waals surface area (Å²) in [6, 6.07) is 0. The Morgan fingerprint density at radius 3 is 2.28 bits per heavy atom. The number of hydrogen-bond donors (Lipinski definition) is 4. The van der Waals surface area contributed by atoms with E-state index < -0.39 is 29.3 Å². The lowest BCUT2D eigenvalue weighted by molar-refractivity contribution is -0.248. The fourth-order valence-electron chi connectivity index (χ4n) is 8.09. The van der Waals surface area contributed by atoms with Gasteiger partial charge in [-0.15, -0.1) is 0 Å². The molecule has 4 rings (SSSR count). The Labute approximate surface area is 194 Å². The summed E-state index contributed by atoms with van der Waals surface area (Å²) in [6.07, 6.45) is 7.47. The Bertz CT molecular complexity index is 786. The first-order chi connectivity index (χ1) is 14.9. The zero-order valence-electron chi connectivity index (χ0n) is 21.0. The highest BCUT2D eigenvalue weighted by molar-refractivity contribution is 5.40. The second-order valence-electron chi connectivity index (χ2n) is 12.6. The van der Waals surface area contributed by atoms with Crippen molar-refractivity contribution in [2.45, 2.75) is 110 Å². The molecule has 0 bridgehead atoms. The van der Waals surface area contributed by atoms with Gasteiger partial charge in [-0.05, 0) is 79.1 Å². The molecule has 0 saturated heterocycles. The van der Waals surface area contributed by atoms with E-state index in [9.17, 15) is 20.4 Å². The standard InChI is InChI=1S/C28H46O4/c1-16(2)17(3)7-8-18(4)20-9-10-21-23-22(12-13-26(20,21)5)27(6)14-11-19(29)15-28(27,32)25(31)24(23)30/h7-8,16-20,22,24-25,29-32H,9-15H2,1-6H3/b8-7+/t17-,18+,19-,20+,22-,24-,25+,26+,27+,28-/m0/s1. The molecule has 182 valence electrons. The van der Waals surface area contributed by atoms with Crippen LogP contribution in [0.4, 0.5) is 0 Å². The van der Waals surface area contributed by atoms with Gasteiger partial charge in [-0.2, -0.15) is 0 Å². The van der Waals surface area contributed by atoms with Crippen molar-refractivity contribution >= 4 is 0 Å². The third-order valence-electron chi connectivity index (χ3n) is 10.7.